The third-order valence-electron chi connectivity index (χ3n) is 7.97. The number of hydrogen-bond acceptors (Lipinski definition) is 0. The Morgan fingerprint density at radius 1 is 0.472 bits per heavy atom. The average molecular weight is 867 g/mol. The Kier molecular flexibility index (Phi) is 16.4. The van der Waals surface area contributed by atoms with Crippen molar-refractivity contribution in [1.29, 1.82) is 0 Å². The maximum absolute atomic E-state index is 10.7. The Bertz CT molecular complexity index is 1690. The van der Waals surface area contributed by atoms with Crippen LogP contribution in [-0.2, 0) is 19.5 Å². The van der Waals surface area contributed by atoms with Crippen LogP contribution in [-0.4, -0.2) is 0 Å². The van der Waals surface area contributed by atoms with Crippen LogP contribution in [0.3, 0.4) is 0 Å². The van der Waals surface area contributed by atoms with Gasteiger partial charge in [-0.05, 0) is 48.1 Å². The van der Waals surface area contributed by atoms with E-state index >= 15 is 0 Å². The second kappa shape index (κ2) is 19.8. The predicted molar refractivity (Wildman–Crippen MR) is 216 cm³/mol. The summed E-state index contributed by atoms with van der Waals surface area (Å²) < 4.78 is 59.2. The Labute approximate surface area is 324 Å². The normalized spacial score (nSPS) is 13.5. The predicted octanol–water partition coefficient (Wildman–Crippen LogP) is 12.7. The molecule has 1 aliphatic rings. The summed E-state index contributed by atoms with van der Waals surface area (Å²) in [4.78, 5) is 0. The van der Waals surface area contributed by atoms with Crippen molar-refractivity contribution in [1.82, 2.24) is 0 Å². The van der Waals surface area contributed by atoms with Crippen LogP contribution in [0.15, 0.2) is 188 Å². The van der Waals surface area contributed by atoms with Crippen LogP contribution in [0.1, 0.15) is 32.1 Å². The Balaban J connectivity index is 0.000000216. The van der Waals surface area contributed by atoms with Crippen LogP contribution in [0.5, 0.6) is 0 Å². The number of rotatable bonds is 7. The molecule has 0 aliphatic heterocycles. The van der Waals surface area contributed by atoms with Crippen molar-refractivity contribution in [3.63, 3.8) is 0 Å². The molecule has 0 heterocycles. The molecule has 7 rings (SSSR count). The average Bonchev–Trinajstić information content (AvgIpc) is 3.75. The van der Waals surface area contributed by atoms with Gasteiger partial charge in [0.25, 0.3) is 0 Å². The van der Waals surface area contributed by atoms with Gasteiger partial charge in [0.2, 0.25) is 0 Å². The third kappa shape index (κ3) is 15.4. The summed E-state index contributed by atoms with van der Waals surface area (Å²) in [6.07, 6.45) is 7.50. The molecule has 278 valence electrons. The summed E-state index contributed by atoms with van der Waals surface area (Å²) in [5, 5.41) is 8.04. The zero-order chi connectivity index (χ0) is 37.4. The molecule has 1 saturated carbocycles. The minimum Gasteiger partial charge on any atom is -0.0622 e. The summed E-state index contributed by atoms with van der Waals surface area (Å²) in [7, 11) is -12.9. The van der Waals surface area contributed by atoms with Crippen LogP contribution in [0, 0.1) is 6.07 Å². The minimum atomic E-state index is -10.7. The zero-order valence-electron chi connectivity index (χ0n) is 29.0. The second-order valence-electron chi connectivity index (χ2n) is 11.9. The van der Waals surface area contributed by atoms with E-state index in [1.165, 1.54) is 63.9 Å². The molecule has 0 saturated heterocycles. The zero-order valence-corrected chi connectivity index (χ0v) is 33.4. The first kappa shape index (κ1) is 44.0. The fourth-order valence-electron chi connectivity index (χ4n) is 5.73. The van der Waals surface area contributed by atoms with Gasteiger partial charge in [0.15, 0.2) is 0 Å². The first-order chi connectivity index (χ1) is 24.8. The maximum Gasteiger partial charge on any atom is 2.00 e. The van der Waals surface area contributed by atoms with Gasteiger partial charge < -0.3 is 0 Å². The molecule has 0 nitrogen and oxygen atoms in total. The molecule has 0 amide bonds. The molecule has 6 aromatic rings. The largest absolute Gasteiger partial charge is 2.00 e. The Morgan fingerprint density at radius 3 is 1.02 bits per heavy atom. The summed E-state index contributed by atoms with van der Waals surface area (Å²) >= 11 is 0. The van der Waals surface area contributed by atoms with Crippen LogP contribution >= 0.6 is 23.0 Å². The van der Waals surface area contributed by atoms with Gasteiger partial charge in [0, 0.05) is 5.30 Å². The summed E-state index contributed by atoms with van der Waals surface area (Å²) in [6.45, 7) is 4.19. The van der Waals surface area contributed by atoms with Crippen molar-refractivity contribution in [2.24, 2.45) is 0 Å². The fourth-order valence-corrected chi connectivity index (χ4v) is 11.4. The molecule has 0 N–H and O–H groups in total. The Hall–Kier alpha value is -3.45. The van der Waals surface area contributed by atoms with Gasteiger partial charge in [-0.1, -0.05) is 166 Å². The van der Waals surface area contributed by atoms with Crippen molar-refractivity contribution in [3.05, 3.63) is 194 Å². The van der Waals surface area contributed by atoms with E-state index in [0.717, 1.165) is 0 Å². The van der Waals surface area contributed by atoms with Gasteiger partial charge in [-0.3, -0.25) is 0 Å². The number of halogens is 6. The van der Waals surface area contributed by atoms with E-state index in [1.54, 1.807) is 0 Å². The molecule has 0 aromatic heterocycles. The first-order valence-electron chi connectivity index (χ1n) is 16.9. The quantitative estimate of drug-likeness (QED) is 0.0649. The van der Waals surface area contributed by atoms with E-state index in [4.69, 9.17) is 0 Å². The first-order valence-corrected chi connectivity index (χ1v) is 22.1. The number of hydrogen-bond donors (Lipinski definition) is 0. The van der Waals surface area contributed by atoms with Gasteiger partial charge in [-0.15, -0.1) is 12.1 Å². The van der Waals surface area contributed by atoms with E-state index in [9.17, 15) is 25.2 Å². The molecule has 6 aromatic carbocycles. The SMILES string of the molecule is C1CCCC1.C=C[P+](c1[c-]cccc1)(c1ccccc1)c1ccccc1.F[P-](F)(F)(F)(F)F.[Ru+2].c1ccc(P(c2ccccc2)c2ccccc2)cc1. The molecule has 53 heavy (non-hydrogen) atoms. The standard InChI is InChI=1S/C20H17P.C18H15P.C5H10.F6P.Ru/c1-2-21(18-12-6-3-7-13-18,19-14-8-4-9-15-19)20-16-10-5-11-17-20;1-4-10-16(11-5-1)19(17-12-6-2-7-13-17)18-14-8-3-9-15-18;1-2-4-5-3-1;1-7(2,3,4,5)6;/h2-16H,1H2;1-15H;1-5H2;;/q;;;-1;+2. The van der Waals surface area contributed by atoms with Crippen molar-refractivity contribution >= 4 is 54.8 Å². The molecule has 1 aliphatic carbocycles. The van der Waals surface area contributed by atoms with Gasteiger partial charge in [-0.25, -0.2) is 0 Å². The van der Waals surface area contributed by atoms with Crippen LogP contribution < -0.4 is 31.8 Å². The van der Waals surface area contributed by atoms with Crippen molar-refractivity contribution < 1.29 is 44.7 Å². The van der Waals surface area contributed by atoms with E-state index in [0.29, 0.717) is 0 Å². The summed E-state index contributed by atoms with van der Waals surface area (Å²) in [6, 6.07) is 65.3. The third-order valence-corrected chi connectivity index (χ3v) is 14.2. The topological polar surface area (TPSA) is 0 Å². The van der Waals surface area contributed by atoms with E-state index < -0.39 is 23.0 Å². The minimum absolute atomic E-state index is 0. The van der Waals surface area contributed by atoms with Gasteiger partial charge in [0.1, 0.15) is 17.9 Å². The van der Waals surface area contributed by atoms with Gasteiger partial charge >= 0.3 is 52.5 Å². The van der Waals surface area contributed by atoms with Gasteiger partial charge in [-0.2, -0.15) is 18.2 Å². The molecule has 0 spiro atoms. The van der Waals surface area contributed by atoms with Crippen LogP contribution in [0.4, 0.5) is 25.2 Å². The van der Waals surface area contributed by atoms with E-state index in [-0.39, 0.29) is 19.5 Å². The molecule has 1 fully saturated rings. The van der Waals surface area contributed by atoms with Crippen LogP contribution in [0.25, 0.3) is 0 Å². The van der Waals surface area contributed by atoms with Gasteiger partial charge in [0.05, 0.1) is 5.82 Å². The smallest absolute Gasteiger partial charge is 0.0622 e. The molecule has 10 heteroatoms. The summed E-state index contributed by atoms with van der Waals surface area (Å²) in [5.41, 5.74) is 0. The molecule has 0 unspecified atom stereocenters. The number of benzene rings is 6. The Morgan fingerprint density at radius 2 is 0.755 bits per heavy atom. The second-order valence-corrected chi connectivity index (χ2v) is 19.4. The molecular formula is C43H42F6P3Ru+. The summed E-state index contributed by atoms with van der Waals surface area (Å²) in [5.74, 6) is 2.13. The molecule has 0 bridgehead atoms. The fraction of sp³-hybridized carbons (Fsp3) is 0.116. The maximum atomic E-state index is 9.87. The molecule has 0 radical (unpaired) electrons. The van der Waals surface area contributed by atoms with Crippen molar-refractivity contribution in [2.75, 3.05) is 0 Å². The van der Waals surface area contributed by atoms with Crippen molar-refractivity contribution in [3.8, 4) is 0 Å². The van der Waals surface area contributed by atoms with E-state index in [1.807, 2.05) is 12.1 Å². The molecule has 0 atom stereocenters. The molecular weight excluding hydrogens is 824 g/mol. The monoisotopic (exact) mass is 867 g/mol. The van der Waals surface area contributed by atoms with Crippen LogP contribution in [0.2, 0.25) is 0 Å². The van der Waals surface area contributed by atoms with E-state index in [2.05, 4.69) is 182 Å². The van der Waals surface area contributed by atoms with Crippen molar-refractivity contribution in [2.45, 2.75) is 32.1 Å².